The second-order valence-corrected chi connectivity index (χ2v) is 6.08. The maximum absolute atomic E-state index is 10.6. The molecule has 0 saturated heterocycles. The Labute approximate surface area is 127 Å². The molecule has 0 fully saturated rings. The molecule has 2 aromatic rings. The highest BCUT2D eigenvalue weighted by molar-refractivity contribution is 9.10. The molecule has 0 aliphatic carbocycles. The van der Waals surface area contributed by atoms with Crippen molar-refractivity contribution in [1.29, 1.82) is 0 Å². The normalized spacial score (nSPS) is 12.5. The predicted molar refractivity (Wildman–Crippen MR) is 83.9 cm³/mol. The topological polar surface area (TPSA) is 20.2 Å². The summed E-state index contributed by atoms with van der Waals surface area (Å²) < 4.78 is 1.01. The van der Waals surface area contributed by atoms with Crippen molar-refractivity contribution in [2.45, 2.75) is 26.9 Å². The van der Waals surface area contributed by atoms with Gasteiger partial charge >= 0.3 is 0 Å². The number of hydrogen-bond donors (Lipinski definition) is 1. The third kappa shape index (κ3) is 2.86. The van der Waals surface area contributed by atoms with E-state index in [1.807, 2.05) is 51.1 Å². The molecule has 3 heteroatoms. The maximum atomic E-state index is 10.6. The summed E-state index contributed by atoms with van der Waals surface area (Å²) in [6.45, 7) is 5.92. The summed E-state index contributed by atoms with van der Waals surface area (Å²) >= 11 is 9.60. The first-order valence-corrected chi connectivity index (χ1v) is 7.28. The first-order chi connectivity index (χ1) is 8.91. The number of aliphatic hydroxyl groups is 1. The van der Waals surface area contributed by atoms with E-state index in [1.54, 1.807) is 0 Å². The van der Waals surface area contributed by atoms with Gasteiger partial charge < -0.3 is 5.11 Å². The SMILES string of the molecule is Cc1cc(C(O)c2cccc(Br)c2C)c(C)cc1Cl. The fourth-order valence-electron chi connectivity index (χ4n) is 2.19. The summed E-state index contributed by atoms with van der Waals surface area (Å²) in [6.07, 6.45) is -0.631. The van der Waals surface area contributed by atoms with Gasteiger partial charge in [-0.25, -0.2) is 0 Å². The molecule has 0 amide bonds. The highest BCUT2D eigenvalue weighted by Crippen LogP contribution is 2.32. The van der Waals surface area contributed by atoms with Crippen LogP contribution in [0.3, 0.4) is 0 Å². The summed E-state index contributed by atoms with van der Waals surface area (Å²) in [5, 5.41) is 11.4. The number of halogens is 2. The molecule has 0 radical (unpaired) electrons. The van der Waals surface area contributed by atoms with E-state index in [9.17, 15) is 5.11 Å². The van der Waals surface area contributed by atoms with Crippen molar-refractivity contribution in [1.82, 2.24) is 0 Å². The van der Waals surface area contributed by atoms with Crippen LogP contribution in [0.2, 0.25) is 5.02 Å². The zero-order valence-corrected chi connectivity index (χ0v) is 13.5. The van der Waals surface area contributed by atoms with Gasteiger partial charge in [0.25, 0.3) is 0 Å². The molecule has 0 spiro atoms. The van der Waals surface area contributed by atoms with E-state index >= 15 is 0 Å². The minimum atomic E-state index is -0.631. The number of aryl methyl sites for hydroxylation is 2. The van der Waals surface area contributed by atoms with Crippen LogP contribution >= 0.6 is 27.5 Å². The molecule has 0 heterocycles. The monoisotopic (exact) mass is 338 g/mol. The quantitative estimate of drug-likeness (QED) is 0.806. The van der Waals surface area contributed by atoms with E-state index in [0.717, 1.165) is 37.3 Å². The number of benzene rings is 2. The van der Waals surface area contributed by atoms with Crippen LogP contribution < -0.4 is 0 Å². The molecule has 1 nitrogen and oxygen atoms in total. The second-order valence-electron chi connectivity index (χ2n) is 4.81. The lowest BCUT2D eigenvalue weighted by molar-refractivity contribution is 0.218. The molecule has 0 bridgehead atoms. The highest BCUT2D eigenvalue weighted by Gasteiger charge is 2.17. The molecule has 1 N–H and O–H groups in total. The van der Waals surface area contributed by atoms with Crippen LogP contribution in [0.1, 0.15) is 33.9 Å². The summed E-state index contributed by atoms with van der Waals surface area (Å²) in [7, 11) is 0. The van der Waals surface area contributed by atoms with Crippen molar-refractivity contribution in [3.63, 3.8) is 0 Å². The van der Waals surface area contributed by atoms with Crippen LogP contribution in [-0.2, 0) is 0 Å². The van der Waals surface area contributed by atoms with Gasteiger partial charge in [0.2, 0.25) is 0 Å². The molecule has 100 valence electrons. The van der Waals surface area contributed by atoms with Gasteiger partial charge in [-0.3, -0.25) is 0 Å². The smallest absolute Gasteiger partial charge is 0.105 e. The van der Waals surface area contributed by atoms with Gasteiger partial charge in [0.1, 0.15) is 6.10 Å². The van der Waals surface area contributed by atoms with E-state index in [2.05, 4.69) is 15.9 Å². The Morgan fingerprint density at radius 2 is 1.74 bits per heavy atom. The first kappa shape index (κ1) is 14.6. The Balaban J connectivity index is 2.53. The van der Waals surface area contributed by atoms with Crippen molar-refractivity contribution in [3.8, 4) is 0 Å². The molecule has 0 aromatic heterocycles. The Kier molecular flexibility index (Phi) is 4.34. The number of aliphatic hydroxyl groups excluding tert-OH is 1. The molecular formula is C16H16BrClO. The molecule has 0 saturated carbocycles. The van der Waals surface area contributed by atoms with E-state index in [1.165, 1.54) is 0 Å². The standard InChI is InChI=1S/C16H16BrClO/c1-9-8-15(18)10(2)7-13(9)16(19)12-5-4-6-14(17)11(12)3/h4-8,16,19H,1-3H3. The number of rotatable bonds is 2. The summed E-state index contributed by atoms with van der Waals surface area (Å²) in [5.41, 5.74) is 4.86. The summed E-state index contributed by atoms with van der Waals surface area (Å²) in [4.78, 5) is 0. The lowest BCUT2D eigenvalue weighted by atomic mass is 9.93. The van der Waals surface area contributed by atoms with E-state index in [0.29, 0.717) is 0 Å². The lowest BCUT2D eigenvalue weighted by Crippen LogP contribution is -2.05. The van der Waals surface area contributed by atoms with Gasteiger partial charge in [0.15, 0.2) is 0 Å². The van der Waals surface area contributed by atoms with Gasteiger partial charge in [-0.15, -0.1) is 0 Å². The van der Waals surface area contributed by atoms with Crippen molar-refractivity contribution in [2.24, 2.45) is 0 Å². The Morgan fingerprint density at radius 3 is 2.42 bits per heavy atom. The molecule has 19 heavy (non-hydrogen) atoms. The zero-order chi connectivity index (χ0) is 14.2. The van der Waals surface area contributed by atoms with Crippen LogP contribution in [0.5, 0.6) is 0 Å². The van der Waals surface area contributed by atoms with Gasteiger partial charge in [-0.05, 0) is 60.7 Å². The molecule has 2 aromatic carbocycles. The van der Waals surface area contributed by atoms with Crippen LogP contribution in [0.25, 0.3) is 0 Å². The average molecular weight is 340 g/mol. The van der Waals surface area contributed by atoms with Crippen LogP contribution in [0.15, 0.2) is 34.8 Å². The van der Waals surface area contributed by atoms with Crippen LogP contribution in [-0.4, -0.2) is 5.11 Å². The Bertz CT molecular complexity index is 622. The minimum Gasteiger partial charge on any atom is -0.384 e. The highest BCUT2D eigenvalue weighted by atomic mass is 79.9. The zero-order valence-electron chi connectivity index (χ0n) is 11.2. The molecule has 2 rings (SSSR count). The molecule has 1 atom stereocenters. The van der Waals surface area contributed by atoms with E-state index in [4.69, 9.17) is 11.6 Å². The van der Waals surface area contributed by atoms with E-state index < -0.39 is 6.10 Å². The largest absolute Gasteiger partial charge is 0.384 e. The van der Waals surface area contributed by atoms with Gasteiger partial charge in [-0.1, -0.05) is 45.7 Å². The number of hydrogen-bond acceptors (Lipinski definition) is 1. The average Bonchev–Trinajstić information content (AvgIpc) is 2.36. The maximum Gasteiger partial charge on any atom is 0.105 e. The third-order valence-electron chi connectivity index (χ3n) is 3.45. The van der Waals surface area contributed by atoms with Gasteiger partial charge in [-0.2, -0.15) is 0 Å². The molecule has 0 aliphatic heterocycles. The predicted octanol–water partition coefficient (Wildman–Crippen LogP) is 5.11. The summed E-state index contributed by atoms with van der Waals surface area (Å²) in [5.74, 6) is 0. The van der Waals surface area contributed by atoms with Gasteiger partial charge in [0.05, 0.1) is 0 Å². The third-order valence-corrected chi connectivity index (χ3v) is 4.71. The second kappa shape index (κ2) is 5.66. The van der Waals surface area contributed by atoms with E-state index in [-0.39, 0.29) is 0 Å². The summed E-state index contributed by atoms with van der Waals surface area (Å²) in [6, 6.07) is 9.73. The van der Waals surface area contributed by atoms with Crippen LogP contribution in [0, 0.1) is 20.8 Å². The lowest BCUT2D eigenvalue weighted by Gasteiger charge is -2.18. The van der Waals surface area contributed by atoms with Gasteiger partial charge in [0, 0.05) is 9.50 Å². The van der Waals surface area contributed by atoms with Crippen LogP contribution in [0.4, 0.5) is 0 Å². The molecular weight excluding hydrogens is 324 g/mol. The van der Waals surface area contributed by atoms with Crippen molar-refractivity contribution < 1.29 is 5.11 Å². The fraction of sp³-hybridized carbons (Fsp3) is 0.250. The van der Waals surface area contributed by atoms with Crippen molar-refractivity contribution >= 4 is 27.5 Å². The molecule has 0 aliphatic rings. The fourth-order valence-corrected chi connectivity index (χ4v) is 2.79. The molecule has 1 unspecified atom stereocenters. The Hall–Kier alpha value is -0.830. The first-order valence-electron chi connectivity index (χ1n) is 6.11. The minimum absolute atomic E-state index is 0.631. The van der Waals surface area contributed by atoms with Crippen molar-refractivity contribution in [2.75, 3.05) is 0 Å². The van der Waals surface area contributed by atoms with Crippen molar-refractivity contribution in [3.05, 3.63) is 67.6 Å². The Morgan fingerprint density at radius 1 is 1.05 bits per heavy atom.